The summed E-state index contributed by atoms with van der Waals surface area (Å²) in [6.07, 6.45) is 5.17. The van der Waals surface area contributed by atoms with Crippen molar-refractivity contribution in [3.63, 3.8) is 0 Å². The molecule has 2 N–H and O–H groups in total. The van der Waals surface area contributed by atoms with E-state index in [0.29, 0.717) is 12.0 Å². The monoisotopic (exact) mass is 289 g/mol. The SMILES string of the molecule is CCN(Cc1ccncc1)CC1(N)C2CCOC2C1(C)C. The minimum Gasteiger partial charge on any atom is -0.377 e. The molecule has 1 aliphatic carbocycles. The molecule has 116 valence electrons. The number of pyridine rings is 1. The Morgan fingerprint density at radius 2 is 2.10 bits per heavy atom. The van der Waals surface area contributed by atoms with Crippen LogP contribution in [0.25, 0.3) is 0 Å². The molecule has 3 unspecified atom stereocenters. The Labute approximate surface area is 127 Å². The molecule has 21 heavy (non-hydrogen) atoms. The van der Waals surface area contributed by atoms with Crippen molar-refractivity contribution in [1.29, 1.82) is 0 Å². The molecule has 1 saturated carbocycles. The van der Waals surface area contributed by atoms with Crippen LogP contribution in [0.2, 0.25) is 0 Å². The molecule has 0 aromatic carbocycles. The quantitative estimate of drug-likeness (QED) is 0.901. The van der Waals surface area contributed by atoms with Crippen LogP contribution in [0.4, 0.5) is 0 Å². The second-order valence-electron chi connectivity index (χ2n) is 7.11. The van der Waals surface area contributed by atoms with Crippen molar-refractivity contribution < 1.29 is 4.74 Å². The number of hydrogen-bond acceptors (Lipinski definition) is 4. The van der Waals surface area contributed by atoms with E-state index < -0.39 is 0 Å². The van der Waals surface area contributed by atoms with Crippen molar-refractivity contribution in [2.75, 3.05) is 19.7 Å². The number of ether oxygens (including phenoxy) is 1. The van der Waals surface area contributed by atoms with Gasteiger partial charge in [-0.25, -0.2) is 0 Å². The van der Waals surface area contributed by atoms with Crippen LogP contribution >= 0.6 is 0 Å². The molecule has 0 amide bonds. The van der Waals surface area contributed by atoms with E-state index in [2.05, 4.69) is 42.8 Å². The Bertz CT molecular complexity index is 490. The number of aromatic nitrogens is 1. The fourth-order valence-electron chi connectivity index (χ4n) is 4.19. The van der Waals surface area contributed by atoms with Gasteiger partial charge in [0, 0.05) is 49.0 Å². The van der Waals surface area contributed by atoms with E-state index in [4.69, 9.17) is 10.5 Å². The van der Waals surface area contributed by atoms with Gasteiger partial charge in [0.25, 0.3) is 0 Å². The number of nitrogens with two attached hydrogens (primary N) is 1. The molecule has 0 bridgehead atoms. The first-order valence-corrected chi connectivity index (χ1v) is 8.01. The second kappa shape index (κ2) is 5.34. The van der Waals surface area contributed by atoms with E-state index in [1.165, 1.54) is 5.56 Å². The molecule has 4 nitrogen and oxygen atoms in total. The molecule has 3 atom stereocenters. The minimum atomic E-state index is -0.142. The molecule has 1 saturated heterocycles. The van der Waals surface area contributed by atoms with Gasteiger partial charge in [0.2, 0.25) is 0 Å². The van der Waals surface area contributed by atoms with Crippen molar-refractivity contribution >= 4 is 0 Å². The lowest BCUT2D eigenvalue weighted by atomic mass is 9.48. The molecule has 2 fully saturated rings. The number of likely N-dealkylation sites (N-methyl/N-ethyl adjacent to an activating group) is 1. The van der Waals surface area contributed by atoms with Gasteiger partial charge >= 0.3 is 0 Å². The van der Waals surface area contributed by atoms with Crippen molar-refractivity contribution in [2.24, 2.45) is 17.1 Å². The first-order chi connectivity index (χ1) is 9.99. The van der Waals surface area contributed by atoms with Crippen LogP contribution in [0.1, 0.15) is 32.8 Å². The molecule has 2 aliphatic rings. The number of hydrogen-bond donors (Lipinski definition) is 1. The van der Waals surface area contributed by atoms with E-state index in [9.17, 15) is 0 Å². The molecule has 0 spiro atoms. The molecule has 2 heterocycles. The average Bonchev–Trinajstić information content (AvgIpc) is 2.96. The normalized spacial score (nSPS) is 33.8. The highest BCUT2D eigenvalue weighted by Crippen LogP contribution is 2.58. The fourth-order valence-corrected chi connectivity index (χ4v) is 4.19. The van der Waals surface area contributed by atoms with Crippen molar-refractivity contribution in [3.8, 4) is 0 Å². The maximum Gasteiger partial charge on any atom is 0.0691 e. The highest BCUT2D eigenvalue weighted by atomic mass is 16.5. The van der Waals surface area contributed by atoms with Gasteiger partial charge in [-0.2, -0.15) is 0 Å². The van der Waals surface area contributed by atoms with Crippen LogP contribution in [-0.2, 0) is 11.3 Å². The van der Waals surface area contributed by atoms with Gasteiger partial charge < -0.3 is 10.5 Å². The van der Waals surface area contributed by atoms with Crippen LogP contribution in [0.3, 0.4) is 0 Å². The summed E-state index contributed by atoms with van der Waals surface area (Å²) in [5.41, 5.74) is 8.07. The molecule has 0 radical (unpaired) electrons. The number of rotatable bonds is 5. The average molecular weight is 289 g/mol. The Kier molecular flexibility index (Phi) is 3.80. The van der Waals surface area contributed by atoms with Gasteiger partial charge in [-0.05, 0) is 30.7 Å². The predicted molar refractivity (Wildman–Crippen MR) is 83.7 cm³/mol. The maximum atomic E-state index is 6.86. The van der Waals surface area contributed by atoms with Crippen LogP contribution in [0.15, 0.2) is 24.5 Å². The van der Waals surface area contributed by atoms with Gasteiger partial charge in [0.05, 0.1) is 6.10 Å². The van der Waals surface area contributed by atoms with Crippen LogP contribution < -0.4 is 5.73 Å². The summed E-state index contributed by atoms with van der Waals surface area (Å²) in [4.78, 5) is 6.54. The largest absolute Gasteiger partial charge is 0.377 e. The summed E-state index contributed by atoms with van der Waals surface area (Å²) in [5.74, 6) is 0.513. The summed E-state index contributed by atoms with van der Waals surface area (Å²) in [7, 11) is 0. The summed E-state index contributed by atoms with van der Waals surface area (Å²) in [6.45, 7) is 10.5. The standard InChI is InChI=1S/C17H27N3O/c1-4-20(11-13-5-8-19-9-6-13)12-17(18)14-7-10-21-15(14)16(17,2)3/h5-6,8-9,14-15H,4,7,10-12,18H2,1-3H3. The number of fused-ring (bicyclic) bond motifs is 1. The summed E-state index contributed by atoms with van der Waals surface area (Å²) >= 11 is 0. The number of nitrogens with zero attached hydrogens (tertiary/aromatic N) is 2. The highest BCUT2D eigenvalue weighted by Gasteiger charge is 2.67. The van der Waals surface area contributed by atoms with Gasteiger partial charge in [0.15, 0.2) is 0 Å². The predicted octanol–water partition coefficient (Wildman–Crippen LogP) is 2.05. The molecular weight excluding hydrogens is 262 g/mol. The zero-order chi connectivity index (χ0) is 15.1. The van der Waals surface area contributed by atoms with Crippen molar-refractivity contribution in [2.45, 2.75) is 45.4 Å². The van der Waals surface area contributed by atoms with Crippen LogP contribution in [-0.4, -0.2) is 41.2 Å². The first kappa shape index (κ1) is 14.9. The Morgan fingerprint density at radius 1 is 1.38 bits per heavy atom. The lowest BCUT2D eigenvalue weighted by molar-refractivity contribution is -0.163. The van der Waals surface area contributed by atoms with E-state index >= 15 is 0 Å². The lowest BCUT2D eigenvalue weighted by Crippen LogP contribution is -2.78. The molecule has 1 aliphatic heterocycles. The second-order valence-corrected chi connectivity index (χ2v) is 7.11. The zero-order valence-corrected chi connectivity index (χ0v) is 13.4. The van der Waals surface area contributed by atoms with E-state index in [-0.39, 0.29) is 11.0 Å². The van der Waals surface area contributed by atoms with Gasteiger partial charge in [-0.3, -0.25) is 9.88 Å². The van der Waals surface area contributed by atoms with E-state index in [1.54, 1.807) is 0 Å². The van der Waals surface area contributed by atoms with Crippen LogP contribution in [0.5, 0.6) is 0 Å². The smallest absolute Gasteiger partial charge is 0.0691 e. The van der Waals surface area contributed by atoms with Gasteiger partial charge in [-0.15, -0.1) is 0 Å². The van der Waals surface area contributed by atoms with Gasteiger partial charge in [0.1, 0.15) is 0 Å². The Morgan fingerprint density at radius 3 is 2.76 bits per heavy atom. The zero-order valence-electron chi connectivity index (χ0n) is 13.4. The van der Waals surface area contributed by atoms with Crippen LogP contribution in [0, 0.1) is 11.3 Å². The summed E-state index contributed by atoms with van der Waals surface area (Å²) in [5, 5.41) is 0. The van der Waals surface area contributed by atoms with Crippen molar-refractivity contribution in [1.82, 2.24) is 9.88 Å². The fraction of sp³-hybridized carbons (Fsp3) is 0.706. The minimum absolute atomic E-state index is 0.0554. The lowest BCUT2D eigenvalue weighted by Gasteiger charge is -2.63. The molecule has 3 rings (SSSR count). The van der Waals surface area contributed by atoms with E-state index in [1.807, 2.05) is 12.4 Å². The molecule has 1 aromatic rings. The third kappa shape index (κ3) is 2.30. The Hall–Kier alpha value is -0.970. The van der Waals surface area contributed by atoms with Crippen molar-refractivity contribution in [3.05, 3.63) is 30.1 Å². The molecule has 1 aromatic heterocycles. The topological polar surface area (TPSA) is 51.4 Å². The molecule has 4 heteroatoms. The highest BCUT2D eigenvalue weighted by molar-refractivity contribution is 5.22. The third-order valence-corrected chi connectivity index (χ3v) is 5.75. The summed E-state index contributed by atoms with van der Waals surface area (Å²) in [6, 6.07) is 4.17. The summed E-state index contributed by atoms with van der Waals surface area (Å²) < 4.78 is 5.89. The first-order valence-electron chi connectivity index (χ1n) is 8.01. The third-order valence-electron chi connectivity index (χ3n) is 5.75. The maximum absolute atomic E-state index is 6.86. The molecular formula is C17H27N3O. The van der Waals surface area contributed by atoms with Gasteiger partial charge in [-0.1, -0.05) is 20.8 Å². The Balaban J connectivity index is 1.72. The van der Waals surface area contributed by atoms with E-state index in [0.717, 1.165) is 32.7 Å².